The highest BCUT2D eigenvalue weighted by atomic mass is 35.5. The lowest BCUT2D eigenvalue weighted by atomic mass is 10.1. The molecule has 2 aromatic rings. The maximum Gasteiger partial charge on any atom is 0.251 e. The summed E-state index contributed by atoms with van der Waals surface area (Å²) in [5, 5.41) is 6.36. The van der Waals surface area contributed by atoms with Crippen LogP contribution in [-0.2, 0) is 9.59 Å². The maximum atomic E-state index is 12.3. The number of anilines is 1. The topological polar surface area (TPSA) is 78.5 Å². The minimum absolute atomic E-state index is 0.0915. The van der Waals surface area contributed by atoms with Gasteiger partial charge in [-0.15, -0.1) is 0 Å². The highest BCUT2D eigenvalue weighted by Crippen LogP contribution is 2.26. The molecule has 0 bridgehead atoms. The molecule has 3 rings (SSSR count). The average Bonchev–Trinajstić information content (AvgIpc) is 3.12. The monoisotopic (exact) mass is 433 g/mol. The summed E-state index contributed by atoms with van der Waals surface area (Å²) in [6.07, 6.45) is 1.40. The van der Waals surface area contributed by atoms with E-state index in [1.165, 1.54) is 0 Å². The van der Waals surface area contributed by atoms with Crippen LogP contribution in [0.15, 0.2) is 42.5 Å². The predicted molar refractivity (Wildman–Crippen MR) is 113 cm³/mol. The van der Waals surface area contributed by atoms with Crippen molar-refractivity contribution in [1.29, 1.82) is 0 Å². The molecule has 1 atom stereocenters. The fraction of sp³-hybridized carbons (Fsp3) is 0.286. The summed E-state index contributed by atoms with van der Waals surface area (Å²) in [6.45, 7) is 2.33. The highest BCUT2D eigenvalue weighted by molar-refractivity contribution is 6.35. The van der Waals surface area contributed by atoms with Gasteiger partial charge in [0.05, 0.1) is 12.6 Å². The standard InChI is InChI=1S/C21H21Cl2N3O3/c1-13(17-9-6-15(22)11-18(17)23)25-19(27)12-24-21(29)14-4-7-16(8-5-14)26-10-2-3-20(26)28/h4-9,11,13H,2-3,10,12H2,1H3,(H,24,29)(H,25,27)/t13-/m0/s1. The van der Waals surface area contributed by atoms with Crippen molar-refractivity contribution in [3.63, 3.8) is 0 Å². The number of nitrogens with zero attached hydrogens (tertiary/aromatic N) is 1. The second kappa shape index (κ2) is 9.29. The Balaban J connectivity index is 1.52. The summed E-state index contributed by atoms with van der Waals surface area (Å²) in [6, 6.07) is 11.5. The maximum absolute atomic E-state index is 12.3. The summed E-state index contributed by atoms with van der Waals surface area (Å²) in [5.41, 5.74) is 1.93. The second-order valence-corrected chi connectivity index (χ2v) is 7.68. The van der Waals surface area contributed by atoms with Crippen LogP contribution < -0.4 is 15.5 Å². The van der Waals surface area contributed by atoms with E-state index in [4.69, 9.17) is 23.2 Å². The minimum atomic E-state index is -0.364. The van der Waals surface area contributed by atoms with E-state index in [9.17, 15) is 14.4 Å². The summed E-state index contributed by atoms with van der Waals surface area (Å²) in [7, 11) is 0. The van der Waals surface area contributed by atoms with E-state index in [2.05, 4.69) is 10.6 Å². The largest absolute Gasteiger partial charge is 0.348 e. The van der Waals surface area contributed by atoms with Gasteiger partial charge in [0.15, 0.2) is 0 Å². The number of amides is 3. The zero-order valence-corrected chi connectivity index (χ0v) is 17.4. The predicted octanol–water partition coefficient (Wildman–Crippen LogP) is 3.73. The van der Waals surface area contributed by atoms with Crippen molar-refractivity contribution in [2.45, 2.75) is 25.8 Å². The van der Waals surface area contributed by atoms with Gasteiger partial charge in [0.25, 0.3) is 5.91 Å². The number of carbonyl (C=O) groups is 3. The van der Waals surface area contributed by atoms with Crippen LogP contribution >= 0.6 is 23.2 Å². The molecule has 1 aliphatic rings. The number of benzene rings is 2. The van der Waals surface area contributed by atoms with Gasteiger partial charge in [-0.05, 0) is 55.3 Å². The van der Waals surface area contributed by atoms with Gasteiger partial charge in [0.2, 0.25) is 11.8 Å². The number of hydrogen-bond donors (Lipinski definition) is 2. The van der Waals surface area contributed by atoms with Gasteiger partial charge < -0.3 is 15.5 Å². The molecule has 3 amide bonds. The van der Waals surface area contributed by atoms with Crippen molar-refractivity contribution >= 4 is 46.6 Å². The molecule has 152 valence electrons. The van der Waals surface area contributed by atoms with Crippen LogP contribution in [0.25, 0.3) is 0 Å². The van der Waals surface area contributed by atoms with Crippen LogP contribution in [0.2, 0.25) is 10.0 Å². The van der Waals surface area contributed by atoms with Crippen LogP contribution in [0.4, 0.5) is 5.69 Å². The van der Waals surface area contributed by atoms with Crippen molar-refractivity contribution in [3.05, 3.63) is 63.6 Å². The van der Waals surface area contributed by atoms with Crippen LogP contribution in [-0.4, -0.2) is 30.8 Å². The van der Waals surface area contributed by atoms with Gasteiger partial charge in [-0.2, -0.15) is 0 Å². The van der Waals surface area contributed by atoms with Gasteiger partial charge in [0.1, 0.15) is 0 Å². The molecule has 1 aliphatic heterocycles. The molecule has 0 radical (unpaired) electrons. The molecule has 8 heteroatoms. The van der Waals surface area contributed by atoms with Crippen molar-refractivity contribution < 1.29 is 14.4 Å². The molecule has 6 nitrogen and oxygen atoms in total. The second-order valence-electron chi connectivity index (χ2n) is 6.83. The number of hydrogen-bond acceptors (Lipinski definition) is 3. The Morgan fingerprint density at radius 2 is 1.86 bits per heavy atom. The Labute approximate surface area is 179 Å². The van der Waals surface area contributed by atoms with Crippen molar-refractivity contribution in [2.75, 3.05) is 18.0 Å². The Bertz CT molecular complexity index is 931. The fourth-order valence-corrected chi connectivity index (χ4v) is 3.77. The number of rotatable bonds is 6. The SMILES string of the molecule is C[C@H](NC(=O)CNC(=O)c1ccc(N2CCCC2=O)cc1)c1ccc(Cl)cc1Cl. The molecular formula is C21H21Cl2N3O3. The van der Waals surface area contributed by atoms with E-state index in [1.54, 1.807) is 54.3 Å². The summed E-state index contributed by atoms with van der Waals surface area (Å²) < 4.78 is 0. The molecule has 29 heavy (non-hydrogen) atoms. The van der Waals surface area contributed by atoms with Gasteiger partial charge in [0, 0.05) is 34.3 Å². The lowest BCUT2D eigenvalue weighted by Gasteiger charge is -2.17. The Hall–Kier alpha value is -2.57. The zero-order valence-electron chi connectivity index (χ0n) is 15.9. The van der Waals surface area contributed by atoms with Gasteiger partial charge in [-0.1, -0.05) is 29.3 Å². The van der Waals surface area contributed by atoms with Gasteiger partial charge in [-0.3, -0.25) is 14.4 Å². The third-order valence-electron chi connectivity index (χ3n) is 4.73. The molecule has 1 fully saturated rings. The number of halogens is 2. The average molecular weight is 434 g/mol. The molecule has 0 spiro atoms. The summed E-state index contributed by atoms with van der Waals surface area (Å²) >= 11 is 12.0. The summed E-state index contributed by atoms with van der Waals surface area (Å²) in [4.78, 5) is 37.9. The van der Waals surface area contributed by atoms with Crippen LogP contribution in [0.1, 0.15) is 41.7 Å². The lowest BCUT2D eigenvalue weighted by molar-refractivity contribution is -0.120. The molecule has 0 unspecified atom stereocenters. The van der Waals surface area contributed by atoms with E-state index in [-0.39, 0.29) is 30.3 Å². The van der Waals surface area contributed by atoms with Crippen molar-refractivity contribution in [1.82, 2.24) is 10.6 Å². The zero-order chi connectivity index (χ0) is 21.0. The van der Waals surface area contributed by atoms with Gasteiger partial charge >= 0.3 is 0 Å². The number of nitrogens with one attached hydrogen (secondary N) is 2. The Kier molecular flexibility index (Phi) is 6.77. The smallest absolute Gasteiger partial charge is 0.251 e. The fourth-order valence-electron chi connectivity index (χ4n) is 3.20. The Morgan fingerprint density at radius 3 is 2.48 bits per heavy atom. The third-order valence-corrected chi connectivity index (χ3v) is 5.29. The quantitative estimate of drug-likeness (QED) is 0.728. The first-order chi connectivity index (χ1) is 13.8. The third kappa shape index (κ3) is 5.28. The van der Waals surface area contributed by atoms with E-state index in [1.807, 2.05) is 0 Å². The van der Waals surface area contributed by atoms with Crippen molar-refractivity contribution in [2.24, 2.45) is 0 Å². The van der Waals surface area contributed by atoms with Crippen LogP contribution in [0.3, 0.4) is 0 Å². The van der Waals surface area contributed by atoms with E-state index in [0.717, 1.165) is 17.7 Å². The summed E-state index contributed by atoms with van der Waals surface area (Å²) in [5.74, 6) is -0.610. The molecule has 1 saturated heterocycles. The molecule has 2 N–H and O–H groups in total. The molecule has 0 aliphatic carbocycles. The molecular weight excluding hydrogens is 413 g/mol. The first-order valence-electron chi connectivity index (χ1n) is 9.28. The normalized spacial score (nSPS) is 14.6. The Morgan fingerprint density at radius 1 is 1.14 bits per heavy atom. The molecule has 0 saturated carbocycles. The molecule has 2 aromatic carbocycles. The lowest BCUT2D eigenvalue weighted by Crippen LogP contribution is -2.38. The van der Waals surface area contributed by atoms with E-state index >= 15 is 0 Å². The molecule has 0 aromatic heterocycles. The highest BCUT2D eigenvalue weighted by Gasteiger charge is 2.21. The van der Waals surface area contributed by atoms with Crippen LogP contribution in [0, 0.1) is 0 Å². The first kappa shape index (κ1) is 21.1. The van der Waals surface area contributed by atoms with E-state index < -0.39 is 0 Å². The van der Waals surface area contributed by atoms with Crippen molar-refractivity contribution in [3.8, 4) is 0 Å². The number of carbonyl (C=O) groups excluding carboxylic acids is 3. The molecule has 1 heterocycles. The minimum Gasteiger partial charge on any atom is -0.348 e. The van der Waals surface area contributed by atoms with Gasteiger partial charge in [-0.25, -0.2) is 0 Å². The first-order valence-corrected chi connectivity index (χ1v) is 10.0. The van der Waals surface area contributed by atoms with E-state index in [0.29, 0.717) is 28.6 Å². The van der Waals surface area contributed by atoms with Crippen LogP contribution in [0.5, 0.6) is 0 Å².